The van der Waals surface area contributed by atoms with Gasteiger partial charge in [-0.3, -0.25) is 4.99 Å². The second kappa shape index (κ2) is 9.74. The van der Waals surface area contributed by atoms with Gasteiger partial charge in [-0.2, -0.15) is 0 Å². The van der Waals surface area contributed by atoms with Crippen LogP contribution in [0.1, 0.15) is 55.6 Å². The Morgan fingerprint density at radius 3 is 2.29 bits per heavy atom. The van der Waals surface area contributed by atoms with Crippen molar-refractivity contribution >= 4 is 15.9 Å². The molecule has 2 aromatic carbocycles. The van der Waals surface area contributed by atoms with E-state index in [9.17, 15) is 17.2 Å². The van der Waals surface area contributed by atoms with E-state index in [0.29, 0.717) is 17.9 Å². The standard InChI is InChI=1S/C26H31F2N3O2S/c27-22-6-3-7-23(28)26(22)34(32,33)30-16-18-10-8-17(9-11-18)15-29-25-14-21-20-5-2-1-4-19(20)12-13-24(21)31-25/h1-7,17-18,21,24,30H,8-16H2,(H,29,31)/t17?,18?,21-,24+/m0/s1. The van der Waals surface area contributed by atoms with Gasteiger partial charge in [-0.05, 0) is 73.6 Å². The quantitative estimate of drug-likeness (QED) is 0.629. The Morgan fingerprint density at radius 1 is 0.882 bits per heavy atom. The van der Waals surface area contributed by atoms with Crippen LogP contribution < -0.4 is 10.0 Å². The second-order valence-electron chi connectivity index (χ2n) is 9.86. The first-order chi connectivity index (χ1) is 16.4. The number of halogens is 2. The Hall–Kier alpha value is -2.32. The molecule has 2 N–H and O–H groups in total. The average Bonchev–Trinajstić information content (AvgIpc) is 3.26. The van der Waals surface area contributed by atoms with Crippen molar-refractivity contribution in [2.75, 3.05) is 13.1 Å². The van der Waals surface area contributed by atoms with E-state index < -0.39 is 26.6 Å². The molecule has 8 heteroatoms. The minimum Gasteiger partial charge on any atom is -0.374 e. The Kier molecular flexibility index (Phi) is 6.71. The maximum atomic E-state index is 13.9. The van der Waals surface area contributed by atoms with E-state index in [1.165, 1.54) is 11.1 Å². The number of sulfonamides is 1. The van der Waals surface area contributed by atoms with Gasteiger partial charge in [-0.1, -0.05) is 30.3 Å². The zero-order chi connectivity index (χ0) is 23.7. The Morgan fingerprint density at radius 2 is 1.56 bits per heavy atom. The molecule has 2 aliphatic carbocycles. The Labute approximate surface area is 200 Å². The van der Waals surface area contributed by atoms with Crippen LogP contribution in [0.5, 0.6) is 0 Å². The topological polar surface area (TPSA) is 70.6 Å². The molecule has 1 aliphatic heterocycles. The minimum absolute atomic E-state index is 0.170. The van der Waals surface area contributed by atoms with Gasteiger partial charge >= 0.3 is 0 Å². The van der Waals surface area contributed by atoms with E-state index in [1.54, 1.807) is 0 Å². The highest BCUT2D eigenvalue weighted by molar-refractivity contribution is 7.89. The molecule has 182 valence electrons. The number of fused-ring (bicyclic) bond motifs is 3. The first-order valence-corrected chi connectivity index (χ1v) is 13.7. The molecular weight excluding hydrogens is 456 g/mol. The lowest BCUT2D eigenvalue weighted by atomic mass is 9.79. The second-order valence-corrected chi connectivity index (χ2v) is 11.6. The summed E-state index contributed by atoms with van der Waals surface area (Å²) in [6, 6.07) is 12.2. The average molecular weight is 488 g/mol. The van der Waals surface area contributed by atoms with Crippen LogP contribution in [-0.2, 0) is 16.4 Å². The summed E-state index contributed by atoms with van der Waals surface area (Å²) in [5, 5.41) is 3.60. The van der Waals surface area contributed by atoms with Crippen LogP contribution >= 0.6 is 0 Å². The van der Waals surface area contributed by atoms with E-state index in [-0.39, 0.29) is 12.5 Å². The molecule has 0 saturated heterocycles. The van der Waals surface area contributed by atoms with Gasteiger partial charge in [0.2, 0.25) is 10.0 Å². The minimum atomic E-state index is -4.22. The summed E-state index contributed by atoms with van der Waals surface area (Å²) < 4.78 is 55.0. The van der Waals surface area contributed by atoms with Crippen molar-refractivity contribution in [2.24, 2.45) is 16.8 Å². The number of benzene rings is 2. The van der Waals surface area contributed by atoms with Crippen molar-refractivity contribution in [1.29, 1.82) is 0 Å². The largest absolute Gasteiger partial charge is 0.374 e. The van der Waals surface area contributed by atoms with Crippen molar-refractivity contribution in [2.45, 2.75) is 61.8 Å². The molecule has 0 spiro atoms. The van der Waals surface area contributed by atoms with Gasteiger partial charge in [-0.15, -0.1) is 0 Å². The Balaban J connectivity index is 1.08. The lowest BCUT2D eigenvalue weighted by Crippen LogP contribution is -2.35. The SMILES string of the molecule is O=S(=O)(NCC1CCC(CNC2=N[C@@H]3CCc4ccccc4[C@@H]3C2)CC1)c1c(F)cccc1F. The fraction of sp³-hybridized carbons (Fsp3) is 0.500. The first-order valence-electron chi connectivity index (χ1n) is 12.2. The number of hydrogen-bond donors (Lipinski definition) is 2. The van der Waals surface area contributed by atoms with Gasteiger partial charge in [0.15, 0.2) is 4.90 Å². The van der Waals surface area contributed by atoms with Crippen LogP contribution in [0, 0.1) is 23.5 Å². The summed E-state index contributed by atoms with van der Waals surface area (Å²) in [5.74, 6) is 0.170. The predicted octanol–water partition coefficient (Wildman–Crippen LogP) is 4.54. The molecule has 2 aromatic rings. The van der Waals surface area contributed by atoms with Crippen LogP contribution in [-0.4, -0.2) is 33.4 Å². The van der Waals surface area contributed by atoms with E-state index in [4.69, 9.17) is 4.99 Å². The fourth-order valence-electron chi connectivity index (χ4n) is 5.76. The smallest absolute Gasteiger partial charge is 0.246 e. The van der Waals surface area contributed by atoms with E-state index >= 15 is 0 Å². The van der Waals surface area contributed by atoms with E-state index in [0.717, 1.165) is 75.5 Å². The maximum Gasteiger partial charge on any atom is 0.246 e. The molecule has 1 saturated carbocycles. The van der Waals surface area contributed by atoms with Gasteiger partial charge in [-0.25, -0.2) is 21.9 Å². The van der Waals surface area contributed by atoms with E-state index in [2.05, 4.69) is 34.3 Å². The fourth-order valence-corrected chi connectivity index (χ4v) is 7.00. The highest BCUT2D eigenvalue weighted by Gasteiger charge is 2.35. The van der Waals surface area contributed by atoms with Crippen LogP contribution in [0.2, 0.25) is 0 Å². The number of nitrogens with zero attached hydrogens (tertiary/aromatic N) is 1. The number of amidine groups is 1. The molecule has 5 rings (SSSR count). The molecule has 0 amide bonds. The van der Waals surface area contributed by atoms with Gasteiger partial charge in [0.05, 0.1) is 11.9 Å². The van der Waals surface area contributed by atoms with Gasteiger partial charge in [0.1, 0.15) is 11.6 Å². The molecule has 2 atom stereocenters. The van der Waals surface area contributed by atoms with E-state index in [1.807, 2.05) is 0 Å². The third-order valence-corrected chi connectivity index (χ3v) is 9.15. The van der Waals surface area contributed by atoms with Crippen molar-refractivity contribution < 1.29 is 17.2 Å². The summed E-state index contributed by atoms with van der Waals surface area (Å²) in [4.78, 5) is 4.08. The van der Waals surface area contributed by atoms with Crippen LogP contribution in [0.3, 0.4) is 0 Å². The number of aliphatic imine (C=N–C) groups is 1. The first kappa shape index (κ1) is 23.4. The number of nitrogens with one attached hydrogen (secondary N) is 2. The molecule has 0 aromatic heterocycles. The third kappa shape index (κ3) is 4.89. The highest BCUT2D eigenvalue weighted by atomic mass is 32.2. The Bertz CT molecular complexity index is 1160. The molecule has 0 bridgehead atoms. The molecule has 34 heavy (non-hydrogen) atoms. The highest BCUT2D eigenvalue weighted by Crippen LogP contribution is 2.39. The van der Waals surface area contributed by atoms with Gasteiger partial charge in [0.25, 0.3) is 0 Å². The number of rotatable bonds is 6. The summed E-state index contributed by atoms with van der Waals surface area (Å²) >= 11 is 0. The van der Waals surface area contributed by atoms with Crippen molar-refractivity contribution in [3.8, 4) is 0 Å². The molecule has 0 radical (unpaired) electrons. The summed E-state index contributed by atoms with van der Waals surface area (Å²) in [6.07, 6.45) is 6.97. The molecule has 1 heterocycles. The third-order valence-electron chi connectivity index (χ3n) is 7.67. The van der Waals surface area contributed by atoms with Crippen molar-refractivity contribution in [3.05, 3.63) is 65.2 Å². The molecular formula is C26H31F2N3O2S. The predicted molar refractivity (Wildman–Crippen MR) is 128 cm³/mol. The van der Waals surface area contributed by atoms with Gasteiger partial charge < -0.3 is 5.32 Å². The summed E-state index contributed by atoms with van der Waals surface area (Å²) in [6.45, 7) is 1.09. The summed E-state index contributed by atoms with van der Waals surface area (Å²) in [7, 11) is -4.22. The molecule has 5 nitrogen and oxygen atoms in total. The molecule has 0 unspecified atom stereocenters. The lowest BCUT2D eigenvalue weighted by molar-refractivity contribution is 0.275. The monoisotopic (exact) mass is 487 g/mol. The summed E-state index contributed by atoms with van der Waals surface area (Å²) in [5.41, 5.74) is 2.92. The zero-order valence-electron chi connectivity index (χ0n) is 19.1. The van der Waals surface area contributed by atoms with Gasteiger partial charge in [0, 0.05) is 25.4 Å². The lowest BCUT2D eigenvalue weighted by Gasteiger charge is -2.29. The normalized spacial score (nSPS) is 26.5. The zero-order valence-corrected chi connectivity index (χ0v) is 20.0. The van der Waals surface area contributed by atoms with Crippen LogP contribution in [0.25, 0.3) is 0 Å². The molecule has 3 aliphatic rings. The molecule has 1 fully saturated rings. The van der Waals surface area contributed by atoms with Crippen LogP contribution in [0.4, 0.5) is 8.78 Å². The number of hydrogen-bond acceptors (Lipinski definition) is 4. The number of aryl methyl sites for hydroxylation is 1. The maximum absolute atomic E-state index is 13.9. The van der Waals surface area contributed by atoms with Crippen molar-refractivity contribution in [1.82, 2.24) is 10.0 Å². The van der Waals surface area contributed by atoms with Crippen molar-refractivity contribution in [3.63, 3.8) is 0 Å². The van der Waals surface area contributed by atoms with Crippen LogP contribution in [0.15, 0.2) is 52.4 Å².